The van der Waals surface area contributed by atoms with E-state index in [-0.39, 0.29) is 71.5 Å². The van der Waals surface area contributed by atoms with E-state index < -0.39 is 20.0 Å². The SMILES string of the molecule is C[C@@H]1CN(S(=O)(=O)c2ccc3c(c2)C(=C(C#N)C#N)c2cc(S(=O)(=O)N4C[C@@H](C)O[C@@H](C)C4)ccc2-3)C[C@H](C)O1. The summed E-state index contributed by atoms with van der Waals surface area (Å²) in [6, 6.07) is 13.1. The zero-order valence-corrected chi connectivity index (χ0v) is 24.3. The highest BCUT2D eigenvalue weighted by Crippen LogP contribution is 2.47. The summed E-state index contributed by atoms with van der Waals surface area (Å²) >= 11 is 0. The van der Waals surface area contributed by atoms with E-state index in [1.54, 1.807) is 12.1 Å². The number of fused-ring (bicyclic) bond motifs is 3. The molecule has 2 aromatic carbocycles. The standard InChI is InChI=1S/C28H30N4O6S2/c1-17-13-31(14-18(2)37-17)39(33,34)22-5-7-24-25-8-6-23(40(35,36)32-15-19(3)38-20(4)16-32)10-27(25)28(26(24)9-22)21(11-29)12-30/h5-10,17-20H,13-16H2,1-4H3/t17-,18+,19-,20+. The second-order valence-corrected chi connectivity index (χ2v) is 14.4. The molecule has 4 atom stereocenters. The Morgan fingerprint density at radius 2 is 1.02 bits per heavy atom. The molecule has 1 aliphatic carbocycles. The summed E-state index contributed by atoms with van der Waals surface area (Å²) in [4.78, 5) is 0.0504. The predicted molar refractivity (Wildman–Crippen MR) is 147 cm³/mol. The summed E-state index contributed by atoms with van der Waals surface area (Å²) in [5.74, 6) is 0. The van der Waals surface area contributed by atoms with Crippen LogP contribution in [0.3, 0.4) is 0 Å². The second-order valence-electron chi connectivity index (χ2n) is 10.5. The minimum Gasteiger partial charge on any atom is -0.373 e. The van der Waals surface area contributed by atoms with Crippen molar-refractivity contribution in [2.75, 3.05) is 26.2 Å². The molecule has 0 spiro atoms. The van der Waals surface area contributed by atoms with Crippen molar-refractivity contribution in [1.29, 1.82) is 10.5 Å². The highest BCUT2D eigenvalue weighted by atomic mass is 32.2. The predicted octanol–water partition coefficient (Wildman–Crippen LogP) is 3.11. The molecule has 0 unspecified atom stereocenters. The number of ether oxygens (including phenoxy) is 2. The Bertz CT molecular complexity index is 1560. The third-order valence-corrected chi connectivity index (χ3v) is 11.0. The lowest BCUT2D eigenvalue weighted by atomic mass is 9.99. The maximum atomic E-state index is 13.6. The molecule has 40 heavy (non-hydrogen) atoms. The van der Waals surface area contributed by atoms with Crippen LogP contribution in [0.2, 0.25) is 0 Å². The van der Waals surface area contributed by atoms with Crippen LogP contribution in [-0.2, 0) is 29.5 Å². The lowest BCUT2D eigenvalue weighted by Gasteiger charge is -2.34. The average molecular weight is 583 g/mol. The molecule has 0 amide bonds. The van der Waals surface area contributed by atoms with Crippen LogP contribution < -0.4 is 0 Å². The molecule has 0 radical (unpaired) electrons. The fourth-order valence-electron chi connectivity index (χ4n) is 5.75. The molecule has 2 saturated heterocycles. The molecule has 210 valence electrons. The van der Waals surface area contributed by atoms with Crippen LogP contribution in [0.25, 0.3) is 16.7 Å². The Balaban J connectivity index is 1.61. The minimum atomic E-state index is -3.91. The zero-order valence-electron chi connectivity index (χ0n) is 22.7. The molecule has 5 rings (SSSR count). The lowest BCUT2D eigenvalue weighted by Crippen LogP contribution is -2.48. The van der Waals surface area contributed by atoms with Crippen LogP contribution in [0.5, 0.6) is 0 Å². The maximum Gasteiger partial charge on any atom is 0.243 e. The van der Waals surface area contributed by atoms with E-state index in [4.69, 9.17) is 9.47 Å². The summed E-state index contributed by atoms with van der Waals surface area (Å²) in [5, 5.41) is 19.6. The van der Waals surface area contributed by atoms with E-state index in [1.807, 2.05) is 39.8 Å². The van der Waals surface area contributed by atoms with E-state index in [0.717, 1.165) is 0 Å². The van der Waals surface area contributed by atoms with Gasteiger partial charge < -0.3 is 9.47 Å². The van der Waals surface area contributed by atoms with Gasteiger partial charge in [-0.25, -0.2) is 16.8 Å². The monoisotopic (exact) mass is 582 g/mol. The lowest BCUT2D eigenvalue weighted by molar-refractivity contribution is -0.0442. The van der Waals surface area contributed by atoms with Crippen molar-refractivity contribution in [2.24, 2.45) is 0 Å². The molecule has 3 aliphatic rings. The van der Waals surface area contributed by atoms with Gasteiger partial charge in [0.2, 0.25) is 20.0 Å². The fourth-order valence-corrected chi connectivity index (χ4v) is 8.99. The van der Waals surface area contributed by atoms with Crippen molar-refractivity contribution in [2.45, 2.75) is 61.9 Å². The summed E-state index contributed by atoms with van der Waals surface area (Å²) in [6.45, 7) is 8.07. The van der Waals surface area contributed by atoms with Crippen LogP contribution in [0.1, 0.15) is 38.8 Å². The topological polar surface area (TPSA) is 141 Å². The summed E-state index contributed by atoms with van der Waals surface area (Å²) in [5.41, 5.74) is 2.02. The number of sulfonamides is 2. The molecule has 0 bridgehead atoms. The van der Waals surface area contributed by atoms with Crippen molar-refractivity contribution >= 4 is 25.6 Å². The van der Waals surface area contributed by atoms with Crippen LogP contribution in [0, 0.1) is 22.7 Å². The molecule has 0 aromatic heterocycles. The zero-order chi connectivity index (χ0) is 29.0. The summed E-state index contributed by atoms with van der Waals surface area (Å²) < 4.78 is 68.6. The van der Waals surface area contributed by atoms with E-state index in [0.29, 0.717) is 22.3 Å². The molecule has 0 N–H and O–H groups in total. The largest absolute Gasteiger partial charge is 0.373 e. The van der Waals surface area contributed by atoms with E-state index in [9.17, 15) is 27.4 Å². The van der Waals surface area contributed by atoms with Crippen LogP contribution in [-0.4, -0.2) is 76.0 Å². The number of nitrogens with zero attached hydrogens (tertiary/aromatic N) is 4. The quantitative estimate of drug-likeness (QED) is 0.428. The molecule has 12 heteroatoms. The molecular weight excluding hydrogens is 552 g/mol. The summed E-state index contributed by atoms with van der Waals surface area (Å²) in [7, 11) is -7.81. The first-order valence-electron chi connectivity index (χ1n) is 13.0. The van der Waals surface area contributed by atoms with Gasteiger partial charge in [-0.05, 0) is 74.2 Å². The normalized spacial score (nSPS) is 25.5. The smallest absolute Gasteiger partial charge is 0.243 e. The van der Waals surface area contributed by atoms with Gasteiger partial charge in [-0.3, -0.25) is 0 Å². The van der Waals surface area contributed by atoms with Gasteiger partial charge in [0.1, 0.15) is 17.7 Å². The van der Waals surface area contributed by atoms with Crippen molar-refractivity contribution in [3.8, 4) is 23.3 Å². The molecular formula is C28H30N4O6S2. The first kappa shape index (κ1) is 28.4. The van der Waals surface area contributed by atoms with Gasteiger partial charge in [0.05, 0.1) is 34.2 Å². The average Bonchev–Trinajstić information content (AvgIpc) is 3.21. The third kappa shape index (κ3) is 4.85. The van der Waals surface area contributed by atoms with E-state index >= 15 is 0 Å². The Morgan fingerprint density at radius 1 is 0.675 bits per heavy atom. The Hall–Kier alpha value is -3.10. The molecule has 2 heterocycles. The van der Waals surface area contributed by atoms with Crippen molar-refractivity contribution in [1.82, 2.24) is 8.61 Å². The molecule has 0 saturated carbocycles. The number of nitriles is 2. The maximum absolute atomic E-state index is 13.6. The van der Waals surface area contributed by atoms with Crippen LogP contribution >= 0.6 is 0 Å². The van der Waals surface area contributed by atoms with E-state index in [1.165, 1.54) is 32.9 Å². The van der Waals surface area contributed by atoms with Gasteiger partial charge in [-0.2, -0.15) is 19.1 Å². The van der Waals surface area contributed by atoms with Gasteiger partial charge in [0, 0.05) is 31.8 Å². The van der Waals surface area contributed by atoms with Gasteiger partial charge >= 0.3 is 0 Å². The first-order chi connectivity index (χ1) is 18.9. The Kier molecular flexibility index (Phi) is 7.38. The summed E-state index contributed by atoms with van der Waals surface area (Å²) in [6.07, 6.45) is -1.08. The van der Waals surface area contributed by atoms with Crippen molar-refractivity contribution in [3.63, 3.8) is 0 Å². The Labute approximate surface area is 235 Å². The minimum absolute atomic E-state index is 0.0252. The number of benzene rings is 2. The number of hydrogen-bond acceptors (Lipinski definition) is 8. The Morgan fingerprint density at radius 3 is 1.35 bits per heavy atom. The highest BCUT2D eigenvalue weighted by molar-refractivity contribution is 7.89. The van der Waals surface area contributed by atoms with Crippen molar-refractivity contribution < 1.29 is 26.3 Å². The van der Waals surface area contributed by atoms with E-state index in [2.05, 4.69) is 0 Å². The van der Waals surface area contributed by atoms with Crippen LogP contribution in [0.15, 0.2) is 51.8 Å². The highest BCUT2D eigenvalue weighted by Gasteiger charge is 2.36. The van der Waals surface area contributed by atoms with Gasteiger partial charge in [-0.1, -0.05) is 12.1 Å². The second kappa shape index (κ2) is 10.4. The van der Waals surface area contributed by atoms with Gasteiger partial charge in [-0.15, -0.1) is 0 Å². The fraction of sp³-hybridized carbons (Fsp3) is 0.429. The van der Waals surface area contributed by atoms with Gasteiger partial charge in [0.15, 0.2) is 0 Å². The molecule has 2 aromatic rings. The molecule has 2 aliphatic heterocycles. The molecule has 2 fully saturated rings. The number of morpholine rings is 2. The van der Waals surface area contributed by atoms with Gasteiger partial charge in [0.25, 0.3) is 0 Å². The number of hydrogen-bond donors (Lipinski definition) is 0. The molecule has 10 nitrogen and oxygen atoms in total. The third-order valence-electron chi connectivity index (χ3n) is 7.33. The number of rotatable bonds is 4. The number of allylic oxidation sites excluding steroid dienone is 1. The van der Waals surface area contributed by atoms with Crippen molar-refractivity contribution in [3.05, 3.63) is 53.1 Å². The van der Waals surface area contributed by atoms with Crippen LogP contribution in [0.4, 0.5) is 0 Å². The first-order valence-corrected chi connectivity index (χ1v) is 15.9.